The quantitative estimate of drug-likeness (QED) is 0.396. The number of anilines is 1. The van der Waals surface area contributed by atoms with Crippen LogP contribution in [0.1, 0.15) is 47.3 Å². The third-order valence-electron chi connectivity index (χ3n) is 6.73. The van der Waals surface area contributed by atoms with Crippen LogP contribution in [0.25, 0.3) is 0 Å². The molecule has 1 aromatic heterocycles. The van der Waals surface area contributed by atoms with Crippen LogP contribution < -0.4 is 14.8 Å². The molecule has 0 unspecified atom stereocenters. The molecule has 222 valence electrons. The number of hydrogen-bond acceptors (Lipinski definition) is 7. The zero-order valence-corrected chi connectivity index (χ0v) is 25.0. The summed E-state index contributed by atoms with van der Waals surface area (Å²) in [6, 6.07) is 15.7. The number of sulfonamides is 1. The second kappa shape index (κ2) is 14.5. The summed E-state index contributed by atoms with van der Waals surface area (Å²) in [6.45, 7) is 9.60. The van der Waals surface area contributed by atoms with Crippen LogP contribution in [0, 0.1) is 5.92 Å². The molecule has 0 spiro atoms. The molecule has 1 amide bonds. The van der Waals surface area contributed by atoms with Gasteiger partial charge >= 0.3 is 0 Å². The number of nitrogens with one attached hydrogen (secondary N) is 2. The number of fused-ring (bicyclic) bond motifs is 3. The molecule has 11 heteroatoms. The fraction of sp³-hybridized carbons (Fsp3) is 0.467. The lowest BCUT2D eigenvalue weighted by molar-refractivity contribution is 0.0764. The van der Waals surface area contributed by atoms with Gasteiger partial charge in [0.05, 0.1) is 26.0 Å². The van der Waals surface area contributed by atoms with Crippen LogP contribution in [0.4, 0.5) is 5.82 Å². The zero-order valence-electron chi connectivity index (χ0n) is 24.1. The number of amides is 1. The molecule has 2 aromatic carbocycles. The van der Waals surface area contributed by atoms with Gasteiger partial charge in [0.1, 0.15) is 12.4 Å². The Balaban J connectivity index is 1.44. The Bertz CT molecular complexity index is 1410. The number of hydrogen-bond donors (Lipinski definition) is 2. The van der Waals surface area contributed by atoms with E-state index >= 15 is 0 Å². The van der Waals surface area contributed by atoms with Crippen LogP contribution >= 0.6 is 0 Å². The Kier molecular flexibility index (Phi) is 10.8. The van der Waals surface area contributed by atoms with E-state index in [1.54, 1.807) is 23.0 Å². The van der Waals surface area contributed by atoms with Crippen LogP contribution in [0.5, 0.6) is 5.75 Å². The molecular formula is C30H41N5O5S. The van der Waals surface area contributed by atoms with E-state index in [2.05, 4.69) is 58.2 Å². The van der Waals surface area contributed by atoms with E-state index in [1.165, 1.54) is 11.1 Å². The Labute approximate surface area is 243 Å². The first kappa shape index (κ1) is 30.5. The van der Waals surface area contributed by atoms with Crippen molar-refractivity contribution in [1.29, 1.82) is 0 Å². The number of benzene rings is 2. The fourth-order valence-electron chi connectivity index (χ4n) is 4.65. The van der Waals surface area contributed by atoms with Crippen molar-refractivity contribution in [1.82, 2.24) is 20.0 Å². The summed E-state index contributed by atoms with van der Waals surface area (Å²) in [5.74, 6) is 1.43. The minimum absolute atomic E-state index is 0.202. The van der Waals surface area contributed by atoms with Gasteiger partial charge in [0.25, 0.3) is 5.91 Å². The van der Waals surface area contributed by atoms with Crippen LogP contribution in [0.2, 0.25) is 0 Å². The van der Waals surface area contributed by atoms with Crippen molar-refractivity contribution in [3.05, 3.63) is 77.0 Å². The molecule has 2 N–H and O–H groups in total. The van der Waals surface area contributed by atoms with Crippen LogP contribution in [-0.2, 0) is 34.3 Å². The van der Waals surface area contributed by atoms with Gasteiger partial charge in [0.2, 0.25) is 10.0 Å². The largest absolute Gasteiger partial charge is 0.491 e. The van der Waals surface area contributed by atoms with E-state index in [-0.39, 0.29) is 11.7 Å². The highest BCUT2D eigenvalue weighted by Gasteiger charge is 2.14. The molecule has 0 aliphatic carbocycles. The lowest BCUT2D eigenvalue weighted by Crippen LogP contribution is -2.29. The molecule has 0 atom stereocenters. The Morgan fingerprint density at radius 3 is 2.68 bits per heavy atom. The molecule has 41 heavy (non-hydrogen) atoms. The molecule has 3 aromatic rings. The minimum Gasteiger partial charge on any atom is -0.491 e. The summed E-state index contributed by atoms with van der Waals surface area (Å²) in [7, 11) is -3.40. The second-order valence-corrected chi connectivity index (χ2v) is 12.6. The maximum absolute atomic E-state index is 13.0. The number of nitrogens with zero attached hydrogens (tertiary/aromatic N) is 3. The lowest BCUT2D eigenvalue weighted by atomic mass is 9.99. The lowest BCUT2D eigenvalue weighted by Gasteiger charge is -2.24. The highest BCUT2D eigenvalue weighted by Crippen LogP contribution is 2.25. The van der Waals surface area contributed by atoms with Gasteiger partial charge in [0.15, 0.2) is 5.82 Å². The van der Waals surface area contributed by atoms with Crippen LogP contribution in [0.3, 0.4) is 0 Å². The predicted octanol–water partition coefficient (Wildman–Crippen LogP) is 3.53. The van der Waals surface area contributed by atoms with Crippen LogP contribution in [-0.4, -0.2) is 74.7 Å². The third kappa shape index (κ3) is 10.2. The number of ether oxygens (including phenoxy) is 2. The van der Waals surface area contributed by atoms with E-state index in [9.17, 15) is 13.2 Å². The highest BCUT2D eigenvalue weighted by atomic mass is 32.2. The van der Waals surface area contributed by atoms with Gasteiger partial charge in [-0.15, -0.1) is 0 Å². The number of carbonyl (C=O) groups is 1. The third-order valence-corrected chi connectivity index (χ3v) is 7.31. The van der Waals surface area contributed by atoms with Crippen molar-refractivity contribution < 1.29 is 22.7 Å². The monoisotopic (exact) mass is 583 g/mol. The first-order valence-corrected chi connectivity index (χ1v) is 16.0. The van der Waals surface area contributed by atoms with E-state index in [0.717, 1.165) is 43.6 Å². The van der Waals surface area contributed by atoms with E-state index in [0.29, 0.717) is 50.8 Å². The molecule has 10 nitrogen and oxygen atoms in total. The van der Waals surface area contributed by atoms with Crippen molar-refractivity contribution >= 4 is 21.7 Å². The molecule has 0 saturated heterocycles. The van der Waals surface area contributed by atoms with Gasteiger partial charge in [-0.05, 0) is 53.8 Å². The fourth-order valence-corrected chi connectivity index (χ4v) is 5.14. The zero-order chi connectivity index (χ0) is 29.2. The Morgan fingerprint density at radius 1 is 1.05 bits per heavy atom. The van der Waals surface area contributed by atoms with E-state index in [1.807, 2.05) is 12.1 Å². The van der Waals surface area contributed by atoms with Gasteiger partial charge in [-0.25, -0.2) is 8.42 Å². The van der Waals surface area contributed by atoms with Crippen molar-refractivity contribution in [3.63, 3.8) is 0 Å². The normalized spacial score (nSPS) is 15.0. The summed E-state index contributed by atoms with van der Waals surface area (Å²) in [4.78, 5) is 15.5. The van der Waals surface area contributed by atoms with E-state index < -0.39 is 10.0 Å². The Morgan fingerprint density at radius 2 is 1.88 bits per heavy atom. The molecular weight excluding hydrogens is 542 g/mol. The van der Waals surface area contributed by atoms with Gasteiger partial charge in [-0.2, -0.15) is 5.10 Å². The Hall–Kier alpha value is -3.41. The van der Waals surface area contributed by atoms with Gasteiger partial charge in [-0.1, -0.05) is 38.1 Å². The molecule has 0 saturated carbocycles. The summed E-state index contributed by atoms with van der Waals surface area (Å²) in [5.41, 5.74) is 3.90. The first-order valence-electron chi connectivity index (χ1n) is 14.1. The van der Waals surface area contributed by atoms with Crippen molar-refractivity contribution in [2.24, 2.45) is 5.92 Å². The SMILES string of the molecule is CC(C)CCN1CCOCCOc2ccc(C(=O)NCCn3ccc(NS(C)(=O)=O)n3)cc2Cc2cccc(c2)C1. The predicted molar refractivity (Wildman–Crippen MR) is 160 cm³/mol. The average molecular weight is 584 g/mol. The molecule has 2 bridgehead atoms. The maximum atomic E-state index is 13.0. The van der Waals surface area contributed by atoms with E-state index in [4.69, 9.17) is 9.47 Å². The molecule has 4 rings (SSSR count). The number of rotatable bonds is 9. The van der Waals surface area contributed by atoms with Crippen molar-refractivity contribution in [3.8, 4) is 5.75 Å². The number of aromatic nitrogens is 2. The molecule has 1 aliphatic rings. The maximum Gasteiger partial charge on any atom is 0.251 e. The second-order valence-electron chi connectivity index (χ2n) is 10.8. The summed E-state index contributed by atoms with van der Waals surface area (Å²) >= 11 is 0. The van der Waals surface area contributed by atoms with Gasteiger partial charge < -0.3 is 14.8 Å². The standard InChI is InChI=1S/C30H41N5O5S/c1-23(2)9-12-34-15-16-39-17-18-40-28-8-7-26(21-27(28)20-24-5-4-6-25(19-24)22-34)30(36)31-11-14-35-13-10-29(32-35)33-41(3,37)38/h4-8,10,13,19,21,23H,9,11-12,14-18,20,22H2,1-3H3,(H,31,36)(H,32,33). The summed E-state index contributed by atoms with van der Waals surface area (Å²) < 4.78 is 38.6. The molecule has 2 heterocycles. The number of carbonyl (C=O) groups excluding carboxylic acids is 1. The van der Waals surface area contributed by atoms with Gasteiger partial charge in [-0.3, -0.25) is 19.1 Å². The smallest absolute Gasteiger partial charge is 0.251 e. The van der Waals surface area contributed by atoms with Gasteiger partial charge in [0, 0.05) is 43.9 Å². The highest BCUT2D eigenvalue weighted by molar-refractivity contribution is 7.92. The molecule has 0 fully saturated rings. The molecule has 0 radical (unpaired) electrons. The topological polar surface area (TPSA) is 115 Å². The first-order chi connectivity index (χ1) is 19.6. The molecule has 1 aliphatic heterocycles. The van der Waals surface area contributed by atoms with Crippen LogP contribution in [0.15, 0.2) is 54.7 Å². The minimum atomic E-state index is -3.40. The van der Waals surface area contributed by atoms with Crippen molar-refractivity contribution in [2.75, 3.05) is 50.4 Å². The summed E-state index contributed by atoms with van der Waals surface area (Å²) in [6.07, 6.45) is 4.51. The summed E-state index contributed by atoms with van der Waals surface area (Å²) in [5, 5.41) is 7.09. The van der Waals surface area contributed by atoms with Crippen molar-refractivity contribution in [2.45, 2.75) is 39.8 Å². The average Bonchev–Trinajstić information content (AvgIpc) is 3.34.